The van der Waals surface area contributed by atoms with Gasteiger partial charge in [-0.2, -0.15) is 0 Å². The number of benzene rings is 2. The van der Waals surface area contributed by atoms with Gasteiger partial charge < -0.3 is 4.74 Å². The quantitative estimate of drug-likeness (QED) is 0.0566. The molecule has 5 heterocycles. The third-order valence-corrected chi connectivity index (χ3v) is 16.5. The fraction of sp³-hybridized carbons (Fsp3) is 0.431. The molecular weight excluding hydrogens is 819 g/mol. The lowest BCUT2D eigenvalue weighted by Crippen LogP contribution is -2.34. The first-order valence-corrected chi connectivity index (χ1v) is 25.5. The molecule has 6 aromatic rings. The van der Waals surface area contributed by atoms with Gasteiger partial charge in [-0.25, -0.2) is 0 Å². The maximum Gasteiger partial charge on any atom is 0.262 e. The molecule has 2 aliphatic rings. The summed E-state index contributed by atoms with van der Waals surface area (Å²) in [6, 6.07) is 16.7. The molecule has 4 aromatic heterocycles. The van der Waals surface area contributed by atoms with E-state index in [0.717, 1.165) is 85.8 Å². The number of Topliss-reactive ketones (excluding diaryl/α,β-unsaturated/α-hetero) is 1. The Hall–Kier alpha value is -3.89. The molecule has 60 heavy (non-hydrogen) atoms. The second-order valence-electron chi connectivity index (χ2n) is 17.0. The molecule has 0 saturated heterocycles. The number of hydrogen-bond acceptors (Lipinski definition) is 8. The van der Waals surface area contributed by atoms with E-state index in [1.165, 1.54) is 79.4 Å². The highest BCUT2D eigenvalue weighted by Crippen LogP contribution is 2.43. The molecule has 2 amide bonds. The third-order valence-electron chi connectivity index (χ3n) is 12.2. The Kier molecular flexibility index (Phi) is 13.3. The molecule has 1 unspecified atom stereocenters. The molecule has 1 aliphatic heterocycles. The molecule has 2 aromatic carbocycles. The summed E-state index contributed by atoms with van der Waals surface area (Å²) >= 11 is 6.62. The molecule has 8 rings (SSSR count). The predicted octanol–water partition coefficient (Wildman–Crippen LogP) is 13.5. The number of carbonyl (C=O) groups is 3. The van der Waals surface area contributed by atoms with E-state index in [2.05, 4.69) is 58.9 Å². The summed E-state index contributed by atoms with van der Waals surface area (Å²) in [5.74, 6) is -0.132. The van der Waals surface area contributed by atoms with E-state index in [1.54, 1.807) is 45.3 Å². The van der Waals surface area contributed by atoms with Crippen LogP contribution in [-0.4, -0.2) is 35.6 Å². The number of thiophene rings is 4. The van der Waals surface area contributed by atoms with Gasteiger partial charge in [0.05, 0.1) is 17.7 Å². The molecule has 0 spiro atoms. The minimum Gasteiger partial charge on any atom is -0.484 e. The summed E-state index contributed by atoms with van der Waals surface area (Å²) in [7, 11) is 0. The largest absolute Gasteiger partial charge is 0.484 e. The van der Waals surface area contributed by atoms with Crippen LogP contribution in [0.15, 0.2) is 48.5 Å². The van der Waals surface area contributed by atoms with Gasteiger partial charge in [0.15, 0.2) is 10.8 Å². The first-order chi connectivity index (χ1) is 29.1. The Morgan fingerprint density at radius 2 is 1.20 bits per heavy atom. The zero-order valence-electron chi connectivity index (χ0n) is 36.0. The fourth-order valence-corrected chi connectivity index (χ4v) is 13.3. The second kappa shape index (κ2) is 18.6. The molecule has 0 N–H and O–H groups in total. The maximum atomic E-state index is 15.2. The topological polar surface area (TPSA) is 63.7 Å². The molecule has 0 radical (unpaired) electrons. The highest BCUT2D eigenvalue weighted by molar-refractivity contribution is 7.22. The number of imide groups is 1. The zero-order valence-corrected chi connectivity index (χ0v) is 39.3. The van der Waals surface area contributed by atoms with Crippen molar-refractivity contribution in [3.63, 3.8) is 0 Å². The summed E-state index contributed by atoms with van der Waals surface area (Å²) in [5.41, 5.74) is 4.07. The molecule has 0 fully saturated rings. The number of ketones is 1. The van der Waals surface area contributed by atoms with Crippen molar-refractivity contribution in [3.8, 4) is 15.5 Å². The van der Waals surface area contributed by atoms with Crippen molar-refractivity contribution in [2.45, 2.75) is 125 Å². The number of amides is 2. The standard InChI is InChI=1S/C51H57NO4S4/c1-7-9-11-13-15-17-19-30(3)29-52-50(54)41-31(4)20-22-34(42(41)51(52)55)37-24-25-39(59-37)44-46-45(43(47(44)53)38-23-21-32(5)57-38)48-35(27-33(6)58-48)36-28-40(60-49(36)46)56-26-18-16-14-12-10-8-2/h20-25,27-28,30H,7-19,26,29H2,1-6H3. The van der Waals surface area contributed by atoms with Gasteiger partial charge in [-0.05, 0) is 75.4 Å². The summed E-state index contributed by atoms with van der Waals surface area (Å²) in [6.45, 7) is 13.9. The van der Waals surface area contributed by atoms with Gasteiger partial charge in [-0.1, -0.05) is 115 Å². The van der Waals surface area contributed by atoms with Gasteiger partial charge in [-0.3, -0.25) is 19.3 Å². The lowest BCUT2D eigenvalue weighted by molar-refractivity contribution is -0.108. The lowest BCUT2D eigenvalue weighted by Gasteiger charge is -2.19. The maximum absolute atomic E-state index is 15.2. The number of carbonyl (C=O) groups excluding carboxylic acids is 3. The highest BCUT2D eigenvalue weighted by Gasteiger charge is 2.40. The van der Waals surface area contributed by atoms with Gasteiger partial charge in [0.2, 0.25) is 0 Å². The van der Waals surface area contributed by atoms with Crippen LogP contribution < -0.4 is 15.2 Å². The summed E-state index contributed by atoms with van der Waals surface area (Å²) in [4.78, 5) is 50.0. The number of ether oxygens (including phenoxy) is 1. The van der Waals surface area contributed by atoms with Crippen molar-refractivity contribution >= 4 is 94.3 Å². The summed E-state index contributed by atoms with van der Waals surface area (Å²) in [5, 5.41) is 5.21. The number of aryl methyl sites for hydroxylation is 3. The van der Waals surface area contributed by atoms with Crippen LogP contribution in [-0.2, 0) is 4.79 Å². The normalized spacial score (nSPS) is 14.4. The Morgan fingerprint density at radius 3 is 1.90 bits per heavy atom. The van der Waals surface area contributed by atoms with E-state index in [-0.39, 0.29) is 23.5 Å². The number of hydrogen-bond donors (Lipinski definition) is 0. The zero-order chi connectivity index (χ0) is 42.1. The first kappa shape index (κ1) is 42.8. The predicted molar refractivity (Wildman–Crippen MR) is 256 cm³/mol. The molecule has 0 saturated carbocycles. The number of unbranched alkanes of at least 4 members (excludes halogenated alkanes) is 10. The van der Waals surface area contributed by atoms with Gasteiger partial charge in [0, 0.05) is 84.3 Å². The van der Waals surface area contributed by atoms with Gasteiger partial charge >= 0.3 is 0 Å². The van der Waals surface area contributed by atoms with Crippen LogP contribution in [0.2, 0.25) is 0 Å². The molecule has 9 heteroatoms. The van der Waals surface area contributed by atoms with Gasteiger partial charge in [0.1, 0.15) is 0 Å². The van der Waals surface area contributed by atoms with Crippen LogP contribution in [0, 0.1) is 26.7 Å². The fourth-order valence-electron chi connectivity index (χ4n) is 9.11. The Morgan fingerprint density at radius 1 is 0.600 bits per heavy atom. The molecular formula is C51H57NO4S4. The minimum absolute atomic E-state index is 0.0361. The average molecular weight is 876 g/mol. The molecule has 0 bridgehead atoms. The molecule has 5 nitrogen and oxygen atoms in total. The number of fused-ring (bicyclic) bond motifs is 7. The number of nitrogens with zero attached hydrogens (tertiary/aromatic N) is 1. The van der Waals surface area contributed by atoms with Gasteiger partial charge in [-0.15, -0.1) is 34.0 Å². The van der Waals surface area contributed by atoms with Crippen LogP contribution in [0.3, 0.4) is 0 Å². The molecule has 314 valence electrons. The van der Waals surface area contributed by atoms with Crippen LogP contribution in [0.4, 0.5) is 0 Å². The average Bonchev–Trinajstić information content (AvgIpc) is 4.09. The minimum atomic E-state index is -0.207. The van der Waals surface area contributed by atoms with E-state index >= 15 is 4.79 Å². The van der Waals surface area contributed by atoms with E-state index < -0.39 is 0 Å². The highest BCUT2D eigenvalue weighted by atomic mass is 32.1. The third kappa shape index (κ3) is 8.24. The number of rotatable bonds is 20. The van der Waals surface area contributed by atoms with Crippen LogP contribution >= 0.6 is 45.3 Å². The Labute approximate surface area is 370 Å². The van der Waals surface area contributed by atoms with Crippen molar-refractivity contribution in [3.05, 3.63) is 95.2 Å². The Balaban J connectivity index is 1.18. The van der Waals surface area contributed by atoms with E-state index in [1.807, 2.05) is 31.2 Å². The smallest absolute Gasteiger partial charge is 0.262 e. The summed E-state index contributed by atoms with van der Waals surface area (Å²) in [6.07, 6.45) is 15.6. The van der Waals surface area contributed by atoms with Crippen LogP contribution in [0.25, 0.3) is 41.8 Å². The van der Waals surface area contributed by atoms with Crippen molar-refractivity contribution in [2.75, 3.05) is 13.2 Å². The summed E-state index contributed by atoms with van der Waals surface area (Å²) < 4.78 is 8.68. The monoisotopic (exact) mass is 875 g/mol. The van der Waals surface area contributed by atoms with Crippen LogP contribution in [0.1, 0.15) is 150 Å². The van der Waals surface area contributed by atoms with Gasteiger partial charge in [0.25, 0.3) is 11.8 Å². The SMILES string of the molecule is CCCCCCCCOc1cc2c(s1)c1c(c3sc(C)cc32)=C(c2ccc(C)s2)C(=O)C=1c1ccc(-c2ccc(C)c3c2C(=O)N(CC(C)CCCCCCCC)C3=O)s1. The van der Waals surface area contributed by atoms with Crippen molar-refractivity contribution in [2.24, 2.45) is 5.92 Å². The first-order valence-electron chi connectivity index (χ1n) is 22.2. The van der Waals surface area contributed by atoms with E-state index in [4.69, 9.17) is 4.74 Å². The Bertz CT molecular complexity index is 2720. The van der Waals surface area contributed by atoms with E-state index in [0.29, 0.717) is 29.9 Å². The molecule has 1 atom stereocenters. The van der Waals surface area contributed by atoms with Crippen molar-refractivity contribution in [1.82, 2.24) is 4.90 Å². The van der Waals surface area contributed by atoms with Crippen molar-refractivity contribution < 1.29 is 19.1 Å². The van der Waals surface area contributed by atoms with E-state index in [9.17, 15) is 9.59 Å². The second-order valence-corrected chi connectivity index (χ2v) is 21.6. The lowest BCUT2D eigenvalue weighted by atomic mass is 9.97. The van der Waals surface area contributed by atoms with Crippen molar-refractivity contribution in [1.29, 1.82) is 0 Å². The molecule has 1 aliphatic carbocycles. The van der Waals surface area contributed by atoms with Crippen LogP contribution in [0.5, 0.6) is 5.06 Å².